The van der Waals surface area contributed by atoms with E-state index < -0.39 is 0 Å². The highest BCUT2D eigenvalue weighted by Crippen LogP contribution is 2.30. The summed E-state index contributed by atoms with van der Waals surface area (Å²) in [6, 6.07) is 5.07. The first-order valence-corrected chi connectivity index (χ1v) is 6.79. The first kappa shape index (κ1) is 12.2. The maximum atomic E-state index is 12.4. The number of aromatic nitrogens is 2. The molecule has 0 unspecified atom stereocenters. The van der Waals surface area contributed by atoms with Gasteiger partial charge in [0.05, 0.1) is 10.4 Å². The van der Waals surface area contributed by atoms with Crippen LogP contribution in [0.15, 0.2) is 23.6 Å². The van der Waals surface area contributed by atoms with E-state index in [2.05, 4.69) is 9.97 Å². The van der Waals surface area contributed by atoms with Crippen LogP contribution < -0.4 is 0 Å². The van der Waals surface area contributed by atoms with Crippen molar-refractivity contribution in [3.8, 4) is 5.88 Å². The molecule has 0 atom stereocenters. The molecule has 0 saturated carbocycles. The van der Waals surface area contributed by atoms with Crippen LogP contribution in [0.2, 0.25) is 5.15 Å². The zero-order valence-electron chi connectivity index (χ0n) is 9.90. The molecule has 19 heavy (non-hydrogen) atoms. The number of H-pyrrole nitrogens is 1. The van der Waals surface area contributed by atoms with Crippen LogP contribution in [0.4, 0.5) is 0 Å². The van der Waals surface area contributed by atoms with E-state index in [1.807, 2.05) is 12.3 Å². The Hall–Kier alpha value is -1.85. The number of nitrogens with one attached hydrogen (secondary N) is 1. The number of thiophene rings is 1. The van der Waals surface area contributed by atoms with Gasteiger partial charge in [-0.25, -0.2) is 4.98 Å². The van der Waals surface area contributed by atoms with Crippen molar-refractivity contribution >= 4 is 39.8 Å². The van der Waals surface area contributed by atoms with E-state index in [1.165, 1.54) is 11.3 Å². The first-order chi connectivity index (χ1) is 9.06. The number of nitrogens with zero attached hydrogens (tertiary/aromatic N) is 1. The topological polar surface area (TPSA) is 66.0 Å². The van der Waals surface area contributed by atoms with Gasteiger partial charge in [-0.3, -0.25) is 4.79 Å². The molecule has 0 aliphatic rings. The lowest BCUT2D eigenvalue weighted by Gasteiger charge is -1.97. The van der Waals surface area contributed by atoms with Crippen LogP contribution in [0.1, 0.15) is 20.8 Å². The third kappa shape index (κ3) is 2.01. The molecule has 0 spiro atoms. The minimum atomic E-state index is -0.253. The third-order valence-corrected chi connectivity index (χ3v) is 4.03. The van der Waals surface area contributed by atoms with Gasteiger partial charge >= 0.3 is 0 Å². The van der Waals surface area contributed by atoms with Crippen LogP contribution in [0.3, 0.4) is 0 Å². The van der Waals surface area contributed by atoms with Gasteiger partial charge in [-0.2, -0.15) is 0 Å². The molecule has 4 nitrogen and oxygen atoms in total. The van der Waals surface area contributed by atoms with Crippen molar-refractivity contribution in [2.75, 3.05) is 0 Å². The average molecular weight is 293 g/mol. The molecule has 6 heteroatoms. The molecule has 0 radical (unpaired) electrons. The van der Waals surface area contributed by atoms with Gasteiger partial charge in [0, 0.05) is 0 Å². The van der Waals surface area contributed by atoms with Crippen LogP contribution >= 0.6 is 22.9 Å². The van der Waals surface area contributed by atoms with Gasteiger partial charge in [-0.1, -0.05) is 11.6 Å². The number of ketones is 1. The average Bonchev–Trinajstić information content (AvgIpc) is 2.91. The number of fused-ring (bicyclic) bond motifs is 1. The largest absolute Gasteiger partial charge is 0.494 e. The van der Waals surface area contributed by atoms with E-state index in [9.17, 15) is 9.90 Å². The maximum absolute atomic E-state index is 12.4. The highest BCUT2D eigenvalue weighted by atomic mass is 35.5. The molecule has 0 amide bonds. The Morgan fingerprint density at radius 2 is 2.26 bits per heavy atom. The Labute approximate surface area is 117 Å². The molecule has 96 valence electrons. The Kier molecular flexibility index (Phi) is 2.80. The molecule has 3 heterocycles. The second-order valence-electron chi connectivity index (χ2n) is 4.20. The third-order valence-electron chi connectivity index (χ3n) is 2.77. The molecule has 0 aliphatic heterocycles. The molecule has 0 aromatic carbocycles. The van der Waals surface area contributed by atoms with Crippen molar-refractivity contribution in [1.82, 2.24) is 9.97 Å². The number of aryl methyl sites for hydroxylation is 1. The summed E-state index contributed by atoms with van der Waals surface area (Å²) in [5, 5.41) is 12.1. The lowest BCUT2D eigenvalue weighted by atomic mass is 10.1. The van der Waals surface area contributed by atoms with E-state index in [-0.39, 0.29) is 22.4 Å². The highest BCUT2D eigenvalue weighted by Gasteiger charge is 2.22. The van der Waals surface area contributed by atoms with Gasteiger partial charge in [-0.05, 0) is 36.1 Å². The van der Waals surface area contributed by atoms with E-state index >= 15 is 0 Å². The summed E-state index contributed by atoms with van der Waals surface area (Å²) in [5.41, 5.74) is 2.15. The lowest BCUT2D eigenvalue weighted by molar-refractivity contribution is 0.104. The van der Waals surface area contributed by atoms with Crippen LogP contribution in [0, 0.1) is 6.92 Å². The van der Waals surface area contributed by atoms with Gasteiger partial charge in [-0.15, -0.1) is 11.3 Å². The van der Waals surface area contributed by atoms with Gasteiger partial charge in [0.1, 0.15) is 16.2 Å². The summed E-state index contributed by atoms with van der Waals surface area (Å²) in [6.45, 7) is 1.91. The summed E-state index contributed by atoms with van der Waals surface area (Å²) < 4.78 is 0. The molecular formula is C13H9ClN2O2S. The maximum Gasteiger partial charge on any atom is 0.210 e. The second-order valence-corrected chi connectivity index (χ2v) is 5.49. The summed E-state index contributed by atoms with van der Waals surface area (Å²) in [4.78, 5) is 19.8. The summed E-state index contributed by atoms with van der Waals surface area (Å²) in [7, 11) is 0. The fourth-order valence-electron chi connectivity index (χ4n) is 1.92. The minimum absolute atomic E-state index is 0.166. The van der Waals surface area contributed by atoms with Crippen LogP contribution in [-0.4, -0.2) is 20.9 Å². The molecule has 0 aliphatic carbocycles. The van der Waals surface area contributed by atoms with E-state index in [1.54, 1.807) is 18.2 Å². The van der Waals surface area contributed by atoms with Gasteiger partial charge in [0.2, 0.25) is 11.7 Å². The van der Waals surface area contributed by atoms with Gasteiger partial charge < -0.3 is 10.1 Å². The normalized spacial score (nSPS) is 11.1. The van der Waals surface area contributed by atoms with Crippen LogP contribution in [0.25, 0.3) is 11.0 Å². The Morgan fingerprint density at radius 1 is 1.47 bits per heavy atom. The SMILES string of the molecule is Cc1csc(C(=O)c2c(O)[nH]c3ccc(Cl)nc23)c1. The predicted molar refractivity (Wildman–Crippen MR) is 75.3 cm³/mol. The number of carbonyl (C=O) groups is 1. The minimum Gasteiger partial charge on any atom is -0.494 e. The van der Waals surface area contributed by atoms with Crippen molar-refractivity contribution in [3.05, 3.63) is 44.7 Å². The summed E-state index contributed by atoms with van der Waals surface area (Å²) in [6.07, 6.45) is 0. The van der Waals surface area contributed by atoms with Crippen molar-refractivity contribution in [1.29, 1.82) is 0 Å². The molecule has 2 N–H and O–H groups in total. The highest BCUT2D eigenvalue weighted by molar-refractivity contribution is 7.12. The van der Waals surface area contributed by atoms with E-state index in [4.69, 9.17) is 11.6 Å². The number of aromatic hydroxyl groups is 1. The fourth-order valence-corrected chi connectivity index (χ4v) is 2.91. The van der Waals surface area contributed by atoms with Gasteiger partial charge in [0.25, 0.3) is 0 Å². The second kappa shape index (κ2) is 4.36. The predicted octanol–water partition coefficient (Wildman–Crippen LogP) is 3.52. The van der Waals surface area contributed by atoms with Gasteiger partial charge in [0.15, 0.2) is 0 Å². The zero-order chi connectivity index (χ0) is 13.6. The number of halogens is 1. The Morgan fingerprint density at radius 3 is 2.95 bits per heavy atom. The molecule has 3 aromatic rings. The number of hydrogen-bond acceptors (Lipinski definition) is 4. The van der Waals surface area contributed by atoms with Crippen molar-refractivity contribution < 1.29 is 9.90 Å². The summed E-state index contributed by atoms with van der Waals surface area (Å²) in [5.74, 6) is -0.433. The quantitative estimate of drug-likeness (QED) is 0.561. The molecule has 3 rings (SSSR count). The van der Waals surface area contributed by atoms with E-state index in [0.29, 0.717) is 15.9 Å². The number of pyridine rings is 1. The Balaban J connectivity index is 2.21. The van der Waals surface area contributed by atoms with Crippen LogP contribution in [-0.2, 0) is 0 Å². The zero-order valence-corrected chi connectivity index (χ0v) is 11.5. The smallest absolute Gasteiger partial charge is 0.210 e. The fraction of sp³-hybridized carbons (Fsp3) is 0.0769. The molecule has 3 aromatic heterocycles. The summed E-state index contributed by atoms with van der Waals surface area (Å²) >= 11 is 7.18. The van der Waals surface area contributed by atoms with Crippen molar-refractivity contribution in [3.63, 3.8) is 0 Å². The van der Waals surface area contributed by atoms with Crippen LogP contribution in [0.5, 0.6) is 5.88 Å². The number of aromatic amines is 1. The number of rotatable bonds is 2. The number of hydrogen-bond donors (Lipinski definition) is 2. The molecule has 0 saturated heterocycles. The first-order valence-electron chi connectivity index (χ1n) is 5.53. The lowest BCUT2D eigenvalue weighted by Crippen LogP contribution is -1.98. The Bertz CT molecular complexity index is 791. The van der Waals surface area contributed by atoms with Crippen molar-refractivity contribution in [2.45, 2.75) is 6.92 Å². The molecule has 0 bridgehead atoms. The van der Waals surface area contributed by atoms with Crippen molar-refractivity contribution in [2.24, 2.45) is 0 Å². The number of carbonyl (C=O) groups excluding carboxylic acids is 1. The molecule has 0 fully saturated rings. The molecular weight excluding hydrogens is 284 g/mol. The van der Waals surface area contributed by atoms with E-state index in [0.717, 1.165) is 5.56 Å². The standard InChI is InChI=1S/C13H9ClN2O2S/c1-6-4-8(19-5-6)12(17)10-11-7(15-13(10)18)2-3-9(14)16-11/h2-5,15,18H,1H3. The monoisotopic (exact) mass is 292 g/mol.